The maximum Gasteiger partial charge on any atom is 0.170 e. The van der Waals surface area contributed by atoms with Gasteiger partial charge in [-0.25, -0.2) is 0 Å². The summed E-state index contributed by atoms with van der Waals surface area (Å²) in [7, 11) is 1.65. The normalized spacial score (nSPS) is 15.6. The van der Waals surface area contributed by atoms with E-state index in [9.17, 15) is 9.59 Å². The van der Waals surface area contributed by atoms with Gasteiger partial charge in [0.15, 0.2) is 11.6 Å². The minimum atomic E-state index is -0.0131. The number of ketones is 2. The van der Waals surface area contributed by atoms with E-state index in [0.717, 1.165) is 59.6 Å². The van der Waals surface area contributed by atoms with Crippen LogP contribution in [0.1, 0.15) is 68.2 Å². The number of benzene rings is 4. The summed E-state index contributed by atoms with van der Waals surface area (Å²) in [6, 6.07) is 31.4. The Morgan fingerprint density at radius 3 is 1.92 bits per heavy atom. The minimum absolute atomic E-state index is 0.0131. The van der Waals surface area contributed by atoms with E-state index in [-0.39, 0.29) is 11.7 Å². The van der Waals surface area contributed by atoms with Crippen LogP contribution in [0.3, 0.4) is 0 Å². The summed E-state index contributed by atoms with van der Waals surface area (Å²) >= 11 is 5.61. The molecule has 194 valence electrons. The first-order chi connectivity index (χ1) is 18.5. The van der Waals surface area contributed by atoms with Crippen LogP contribution in [0, 0.1) is 6.92 Å². The van der Waals surface area contributed by atoms with Gasteiger partial charge in [0.2, 0.25) is 0 Å². The molecule has 4 aromatic rings. The first-order valence-electron chi connectivity index (χ1n) is 13.1. The van der Waals surface area contributed by atoms with Crippen LogP contribution in [-0.4, -0.2) is 18.7 Å². The van der Waals surface area contributed by atoms with Crippen LogP contribution in [0.15, 0.2) is 97.1 Å². The number of aryl methyl sites for hydroxylation is 3. The molecule has 0 amide bonds. The van der Waals surface area contributed by atoms with E-state index in [1.807, 2.05) is 97.9 Å². The van der Waals surface area contributed by atoms with Gasteiger partial charge < -0.3 is 4.74 Å². The van der Waals surface area contributed by atoms with Gasteiger partial charge in [0.25, 0.3) is 0 Å². The number of Topliss-reactive ketones (excluding diaryl/α,β-unsaturated/α-hetero) is 2. The van der Waals surface area contributed by atoms with Gasteiger partial charge in [-0.15, -0.1) is 0 Å². The van der Waals surface area contributed by atoms with Crippen LogP contribution in [0.4, 0.5) is 0 Å². The number of carbonyl (C=O) groups is 2. The molecule has 0 fully saturated rings. The molecular formula is C34H33ClO3. The van der Waals surface area contributed by atoms with Crippen molar-refractivity contribution in [2.45, 2.75) is 44.9 Å². The third kappa shape index (κ3) is 6.99. The molecule has 38 heavy (non-hydrogen) atoms. The van der Waals surface area contributed by atoms with Crippen LogP contribution >= 0.6 is 11.6 Å². The Morgan fingerprint density at radius 2 is 1.32 bits per heavy atom. The number of fused-ring (bicyclic) bond motifs is 2. The van der Waals surface area contributed by atoms with Gasteiger partial charge in [0.05, 0.1) is 7.11 Å². The lowest BCUT2D eigenvalue weighted by molar-refractivity contribution is 0.0944. The summed E-state index contributed by atoms with van der Waals surface area (Å²) in [5, 5.41) is 0.801. The van der Waals surface area contributed by atoms with Crippen LogP contribution in [-0.2, 0) is 12.8 Å². The Kier molecular flexibility index (Phi) is 9.51. The lowest BCUT2D eigenvalue weighted by Crippen LogP contribution is -2.20. The molecule has 2 aliphatic carbocycles. The molecule has 3 nitrogen and oxygen atoms in total. The molecule has 6 rings (SSSR count). The Morgan fingerprint density at radius 1 is 0.711 bits per heavy atom. The summed E-state index contributed by atoms with van der Waals surface area (Å²) in [5.41, 5.74) is 6.56. The van der Waals surface area contributed by atoms with E-state index in [1.54, 1.807) is 7.11 Å². The molecule has 0 aliphatic heterocycles. The quantitative estimate of drug-likeness (QED) is 0.264. The van der Waals surface area contributed by atoms with Crippen molar-refractivity contribution in [1.29, 1.82) is 0 Å². The highest BCUT2D eigenvalue weighted by Crippen LogP contribution is 2.33. The van der Waals surface area contributed by atoms with Crippen LogP contribution in [0.5, 0.6) is 5.75 Å². The van der Waals surface area contributed by atoms with Gasteiger partial charge >= 0.3 is 0 Å². The highest BCUT2D eigenvalue weighted by molar-refractivity contribution is 6.30. The number of ether oxygens (including phenoxy) is 1. The summed E-state index contributed by atoms with van der Waals surface area (Å²) in [6.45, 7) is 2.04. The molecule has 0 N–H and O–H groups in total. The molecule has 0 heterocycles. The molecular weight excluding hydrogens is 492 g/mol. The number of carbonyl (C=O) groups excluding carboxylic acids is 2. The minimum Gasteiger partial charge on any atom is -0.497 e. The highest BCUT2D eigenvalue weighted by atomic mass is 35.5. The van der Waals surface area contributed by atoms with Crippen LogP contribution < -0.4 is 4.74 Å². The maximum atomic E-state index is 12.5. The Balaban J connectivity index is 0.000000149. The van der Waals surface area contributed by atoms with E-state index in [0.29, 0.717) is 5.78 Å². The van der Waals surface area contributed by atoms with Gasteiger partial charge in [0.1, 0.15) is 5.75 Å². The van der Waals surface area contributed by atoms with Gasteiger partial charge in [0, 0.05) is 28.5 Å². The van der Waals surface area contributed by atoms with E-state index in [4.69, 9.17) is 16.3 Å². The van der Waals surface area contributed by atoms with Gasteiger partial charge in [-0.3, -0.25) is 9.59 Å². The average Bonchev–Trinajstić information content (AvgIpc) is 2.96. The summed E-state index contributed by atoms with van der Waals surface area (Å²) in [6.07, 6.45) is 4.69. The predicted molar refractivity (Wildman–Crippen MR) is 155 cm³/mol. The lowest BCUT2D eigenvalue weighted by Gasteiger charge is -2.23. The van der Waals surface area contributed by atoms with E-state index < -0.39 is 0 Å². The SMILES string of the molecule is COc1ccc(C2CCc3ccccc3C2=O)cc1.Cc1ccc(Cl)cc1.O=C1CCCc2ccccc21. The number of halogens is 1. The van der Waals surface area contributed by atoms with Crippen molar-refractivity contribution in [2.75, 3.05) is 7.11 Å². The fourth-order valence-corrected chi connectivity index (χ4v) is 5.00. The van der Waals surface area contributed by atoms with Crippen molar-refractivity contribution >= 4 is 23.2 Å². The number of rotatable bonds is 2. The summed E-state index contributed by atoms with van der Waals surface area (Å²) in [5.74, 6) is 1.37. The molecule has 4 aromatic carbocycles. The first kappa shape index (κ1) is 27.3. The predicted octanol–water partition coefficient (Wildman–Crippen LogP) is 8.46. The monoisotopic (exact) mass is 524 g/mol. The zero-order valence-corrected chi connectivity index (χ0v) is 22.7. The molecule has 0 radical (unpaired) electrons. The summed E-state index contributed by atoms with van der Waals surface area (Å²) in [4.78, 5) is 23.8. The molecule has 0 saturated carbocycles. The second-order valence-corrected chi connectivity index (χ2v) is 10.1. The van der Waals surface area contributed by atoms with Crippen molar-refractivity contribution in [3.63, 3.8) is 0 Å². The molecule has 4 heteroatoms. The van der Waals surface area contributed by atoms with Crippen molar-refractivity contribution in [3.05, 3.63) is 135 Å². The zero-order valence-electron chi connectivity index (χ0n) is 22.0. The molecule has 0 spiro atoms. The number of methoxy groups -OCH3 is 1. The van der Waals surface area contributed by atoms with Gasteiger partial charge in [-0.2, -0.15) is 0 Å². The van der Waals surface area contributed by atoms with Crippen molar-refractivity contribution < 1.29 is 14.3 Å². The van der Waals surface area contributed by atoms with E-state index in [1.165, 1.54) is 16.7 Å². The second-order valence-electron chi connectivity index (χ2n) is 9.62. The molecule has 2 aliphatic rings. The van der Waals surface area contributed by atoms with Crippen LogP contribution in [0.2, 0.25) is 5.02 Å². The standard InChI is InChI=1S/C17H16O2.C10H10O.C7H7Cl/c1-19-14-9-6-13(7-10-14)16-11-8-12-4-2-3-5-15(12)17(16)18;11-10-7-3-5-8-4-1-2-6-9(8)10;1-6-2-4-7(8)5-3-6/h2-7,9-10,16H,8,11H2,1H3;1-2,4,6H,3,5,7H2;2-5H,1H3. The number of hydrogen-bond donors (Lipinski definition) is 0. The maximum absolute atomic E-state index is 12.5. The third-order valence-corrected chi connectivity index (χ3v) is 7.25. The molecule has 1 atom stereocenters. The van der Waals surface area contributed by atoms with Gasteiger partial charge in [-0.05, 0) is 73.6 Å². The first-order valence-corrected chi connectivity index (χ1v) is 13.4. The zero-order chi connectivity index (χ0) is 26.9. The Bertz CT molecular complexity index is 1350. The Hall–Kier alpha value is -3.69. The second kappa shape index (κ2) is 13.2. The van der Waals surface area contributed by atoms with Crippen LogP contribution in [0.25, 0.3) is 0 Å². The van der Waals surface area contributed by atoms with Gasteiger partial charge in [-0.1, -0.05) is 90.0 Å². The fraction of sp³-hybridized carbons (Fsp3) is 0.235. The van der Waals surface area contributed by atoms with E-state index in [2.05, 4.69) is 6.07 Å². The fourth-order valence-electron chi connectivity index (χ4n) is 4.87. The largest absolute Gasteiger partial charge is 0.497 e. The average molecular weight is 525 g/mol. The third-order valence-electron chi connectivity index (χ3n) is 7.00. The summed E-state index contributed by atoms with van der Waals surface area (Å²) < 4.78 is 5.15. The van der Waals surface area contributed by atoms with Crippen molar-refractivity contribution in [1.82, 2.24) is 0 Å². The molecule has 0 bridgehead atoms. The van der Waals surface area contributed by atoms with Crippen molar-refractivity contribution in [2.24, 2.45) is 0 Å². The Labute approximate surface area is 230 Å². The highest BCUT2D eigenvalue weighted by Gasteiger charge is 2.28. The molecule has 0 saturated heterocycles. The lowest BCUT2D eigenvalue weighted by atomic mass is 9.79. The molecule has 0 aromatic heterocycles. The topological polar surface area (TPSA) is 43.4 Å². The smallest absolute Gasteiger partial charge is 0.170 e. The molecule has 1 unspecified atom stereocenters. The van der Waals surface area contributed by atoms with E-state index >= 15 is 0 Å². The van der Waals surface area contributed by atoms with Crippen molar-refractivity contribution in [3.8, 4) is 5.75 Å². The number of hydrogen-bond acceptors (Lipinski definition) is 3.